The van der Waals surface area contributed by atoms with Crippen LogP contribution < -0.4 is 0 Å². The van der Waals surface area contributed by atoms with Crippen molar-refractivity contribution < 1.29 is 9.90 Å². The van der Waals surface area contributed by atoms with Gasteiger partial charge < -0.3 is 10.0 Å². The largest absolute Gasteiger partial charge is 0.396 e. The van der Waals surface area contributed by atoms with Crippen LogP contribution in [0.1, 0.15) is 24.3 Å². The molecule has 0 radical (unpaired) electrons. The van der Waals surface area contributed by atoms with Gasteiger partial charge in [0.25, 0.3) is 0 Å². The molecule has 1 atom stereocenters. The molecule has 1 amide bonds. The lowest BCUT2D eigenvalue weighted by Gasteiger charge is -2.15. The number of aliphatic hydroxyl groups is 1. The summed E-state index contributed by atoms with van der Waals surface area (Å²) >= 11 is 1.68. The van der Waals surface area contributed by atoms with Gasteiger partial charge in [0.2, 0.25) is 5.91 Å². The first-order chi connectivity index (χ1) is 10.3. The Morgan fingerprint density at radius 2 is 2.29 bits per heavy atom. The fraction of sp³-hybridized carbons (Fsp3) is 0.500. The van der Waals surface area contributed by atoms with Gasteiger partial charge in [-0.2, -0.15) is 0 Å². The van der Waals surface area contributed by atoms with Crippen molar-refractivity contribution in [3.63, 3.8) is 0 Å². The predicted molar refractivity (Wildman–Crippen MR) is 84.3 cm³/mol. The number of carbonyl (C=O) groups excluding carboxylic acids is 1. The number of likely N-dealkylation sites (tertiary alicyclic amines) is 1. The maximum absolute atomic E-state index is 12.2. The number of para-hydroxylation sites is 1. The molecule has 0 spiro atoms. The van der Waals surface area contributed by atoms with Gasteiger partial charge in [-0.15, -0.1) is 11.3 Å². The van der Waals surface area contributed by atoms with Crippen molar-refractivity contribution in [3.8, 4) is 0 Å². The van der Waals surface area contributed by atoms with Crippen LogP contribution in [0.4, 0.5) is 0 Å². The maximum atomic E-state index is 12.2. The molecule has 1 aromatic heterocycles. The molecule has 1 aliphatic heterocycles. The van der Waals surface area contributed by atoms with E-state index in [-0.39, 0.29) is 12.5 Å². The SMILES string of the molecule is O=C(CCc1nc2ccccc2s1)N1CCC(CCO)C1. The summed E-state index contributed by atoms with van der Waals surface area (Å²) < 4.78 is 1.18. The van der Waals surface area contributed by atoms with Gasteiger partial charge in [0, 0.05) is 32.5 Å². The third-order valence-corrected chi connectivity index (χ3v) is 5.16. The molecule has 1 unspecified atom stereocenters. The minimum absolute atomic E-state index is 0.217. The molecule has 2 heterocycles. The summed E-state index contributed by atoms with van der Waals surface area (Å²) in [6, 6.07) is 8.08. The quantitative estimate of drug-likeness (QED) is 0.923. The Kier molecular flexibility index (Phi) is 4.51. The number of amides is 1. The third kappa shape index (κ3) is 3.41. The Balaban J connectivity index is 1.54. The van der Waals surface area contributed by atoms with Crippen molar-refractivity contribution in [3.05, 3.63) is 29.3 Å². The highest BCUT2D eigenvalue weighted by molar-refractivity contribution is 7.18. The zero-order valence-electron chi connectivity index (χ0n) is 12.0. The van der Waals surface area contributed by atoms with Crippen LogP contribution in [0.2, 0.25) is 0 Å². The van der Waals surface area contributed by atoms with Gasteiger partial charge in [0.15, 0.2) is 0 Å². The van der Waals surface area contributed by atoms with Crippen LogP contribution in [-0.2, 0) is 11.2 Å². The van der Waals surface area contributed by atoms with Crippen molar-refractivity contribution in [2.75, 3.05) is 19.7 Å². The first-order valence-corrected chi connectivity index (χ1v) is 8.31. The molecule has 1 saturated heterocycles. The molecule has 112 valence electrons. The summed E-state index contributed by atoms with van der Waals surface area (Å²) in [4.78, 5) is 18.7. The molecule has 21 heavy (non-hydrogen) atoms. The van der Waals surface area contributed by atoms with Gasteiger partial charge in [-0.05, 0) is 30.9 Å². The first kappa shape index (κ1) is 14.5. The van der Waals surface area contributed by atoms with E-state index in [0.29, 0.717) is 12.3 Å². The minimum atomic E-state index is 0.217. The number of aliphatic hydroxyl groups excluding tert-OH is 1. The topological polar surface area (TPSA) is 53.4 Å². The number of hydrogen-bond donors (Lipinski definition) is 1. The molecule has 1 fully saturated rings. The maximum Gasteiger partial charge on any atom is 0.222 e. The van der Waals surface area contributed by atoms with Gasteiger partial charge in [0.05, 0.1) is 15.2 Å². The van der Waals surface area contributed by atoms with Gasteiger partial charge in [-0.1, -0.05) is 12.1 Å². The molecule has 1 N–H and O–H groups in total. The second kappa shape index (κ2) is 6.54. The van der Waals surface area contributed by atoms with Crippen LogP contribution in [0.5, 0.6) is 0 Å². The summed E-state index contributed by atoms with van der Waals surface area (Å²) in [5.74, 6) is 0.691. The lowest BCUT2D eigenvalue weighted by Crippen LogP contribution is -2.28. The van der Waals surface area contributed by atoms with Crippen molar-refractivity contribution in [1.29, 1.82) is 0 Å². The molecule has 3 rings (SSSR count). The Bertz CT molecular complexity index is 593. The molecule has 2 aromatic rings. The van der Waals surface area contributed by atoms with Gasteiger partial charge in [-0.3, -0.25) is 4.79 Å². The first-order valence-electron chi connectivity index (χ1n) is 7.49. The number of carbonyl (C=O) groups is 1. The van der Waals surface area contributed by atoms with E-state index in [1.54, 1.807) is 11.3 Å². The lowest BCUT2D eigenvalue weighted by atomic mass is 10.1. The predicted octanol–water partition coefficient (Wildman–Crippen LogP) is 2.46. The highest BCUT2D eigenvalue weighted by Crippen LogP contribution is 2.24. The average Bonchev–Trinajstić information content (AvgIpc) is 3.11. The summed E-state index contributed by atoms with van der Waals surface area (Å²) in [7, 11) is 0. The Morgan fingerprint density at radius 1 is 1.43 bits per heavy atom. The number of nitrogens with zero attached hydrogens (tertiary/aromatic N) is 2. The molecule has 4 nitrogen and oxygen atoms in total. The van der Waals surface area contributed by atoms with E-state index >= 15 is 0 Å². The standard InChI is InChI=1S/C16H20N2O2S/c19-10-8-12-7-9-18(11-12)16(20)6-5-15-17-13-3-1-2-4-14(13)21-15/h1-4,12,19H,5-11H2. The number of rotatable bonds is 5. The van der Waals surface area contributed by atoms with Gasteiger partial charge >= 0.3 is 0 Å². The summed E-state index contributed by atoms with van der Waals surface area (Å²) in [6.45, 7) is 1.86. The molecule has 0 aliphatic carbocycles. The smallest absolute Gasteiger partial charge is 0.222 e. The van der Waals surface area contributed by atoms with E-state index in [0.717, 1.165) is 42.9 Å². The molecular weight excluding hydrogens is 284 g/mol. The Labute approximate surface area is 128 Å². The number of hydrogen-bond acceptors (Lipinski definition) is 4. The van der Waals surface area contributed by atoms with Crippen LogP contribution in [0.25, 0.3) is 10.2 Å². The molecule has 0 bridgehead atoms. The third-order valence-electron chi connectivity index (χ3n) is 4.07. The fourth-order valence-electron chi connectivity index (χ4n) is 2.88. The van der Waals surface area contributed by atoms with Crippen molar-refractivity contribution in [2.45, 2.75) is 25.7 Å². The Hall–Kier alpha value is -1.46. The fourth-order valence-corrected chi connectivity index (χ4v) is 3.84. The van der Waals surface area contributed by atoms with Crippen LogP contribution in [0, 0.1) is 5.92 Å². The molecule has 1 aromatic carbocycles. The van der Waals surface area contributed by atoms with Crippen molar-refractivity contribution in [2.24, 2.45) is 5.92 Å². The lowest BCUT2D eigenvalue weighted by molar-refractivity contribution is -0.130. The van der Waals surface area contributed by atoms with Gasteiger partial charge in [0.1, 0.15) is 0 Å². The van der Waals surface area contributed by atoms with Crippen molar-refractivity contribution >= 4 is 27.5 Å². The Morgan fingerprint density at radius 3 is 3.10 bits per heavy atom. The summed E-state index contributed by atoms with van der Waals surface area (Å²) in [6.07, 6.45) is 3.08. The van der Waals surface area contributed by atoms with Crippen LogP contribution in [0.3, 0.4) is 0 Å². The molecule has 1 aliphatic rings. The number of benzene rings is 1. The van der Waals surface area contributed by atoms with Crippen LogP contribution >= 0.6 is 11.3 Å². The van der Waals surface area contributed by atoms with Crippen LogP contribution in [0.15, 0.2) is 24.3 Å². The number of aromatic nitrogens is 1. The van der Waals surface area contributed by atoms with E-state index in [2.05, 4.69) is 11.1 Å². The van der Waals surface area contributed by atoms with E-state index in [4.69, 9.17) is 5.11 Å². The second-order valence-electron chi connectivity index (χ2n) is 5.58. The number of fused-ring (bicyclic) bond motifs is 1. The molecular formula is C16H20N2O2S. The average molecular weight is 304 g/mol. The zero-order valence-corrected chi connectivity index (χ0v) is 12.8. The van der Waals surface area contributed by atoms with Crippen LogP contribution in [-0.4, -0.2) is 40.6 Å². The van der Waals surface area contributed by atoms with E-state index in [1.807, 2.05) is 23.1 Å². The minimum Gasteiger partial charge on any atom is -0.396 e. The molecule has 5 heteroatoms. The van der Waals surface area contributed by atoms with E-state index in [9.17, 15) is 4.79 Å². The zero-order chi connectivity index (χ0) is 14.7. The summed E-state index contributed by atoms with van der Waals surface area (Å²) in [5, 5.41) is 10.0. The highest BCUT2D eigenvalue weighted by Gasteiger charge is 2.25. The normalized spacial score (nSPS) is 18.5. The number of thiazole rings is 1. The van der Waals surface area contributed by atoms with E-state index in [1.165, 1.54) is 4.70 Å². The monoisotopic (exact) mass is 304 g/mol. The number of aryl methyl sites for hydroxylation is 1. The van der Waals surface area contributed by atoms with Gasteiger partial charge in [-0.25, -0.2) is 4.98 Å². The summed E-state index contributed by atoms with van der Waals surface area (Å²) in [5.41, 5.74) is 1.02. The molecule has 0 saturated carbocycles. The second-order valence-corrected chi connectivity index (χ2v) is 6.70. The van der Waals surface area contributed by atoms with Crippen molar-refractivity contribution in [1.82, 2.24) is 9.88 Å². The van der Waals surface area contributed by atoms with E-state index < -0.39 is 0 Å². The highest BCUT2D eigenvalue weighted by atomic mass is 32.1.